The van der Waals surface area contributed by atoms with E-state index in [0.717, 1.165) is 17.3 Å². The molecule has 0 bridgehead atoms. The van der Waals surface area contributed by atoms with Gasteiger partial charge in [-0.1, -0.05) is 22.0 Å². The zero-order chi connectivity index (χ0) is 10.9. The summed E-state index contributed by atoms with van der Waals surface area (Å²) < 4.78 is 8.26. The maximum Gasteiger partial charge on any atom is 0.0948 e. The molecule has 0 saturated heterocycles. The fraction of sp³-hybridized carbons (Fsp3) is 0.333. The minimum Gasteiger partial charge on any atom is -0.366 e. The first-order chi connectivity index (χ1) is 7.18. The summed E-state index contributed by atoms with van der Waals surface area (Å²) in [7, 11) is 0. The van der Waals surface area contributed by atoms with Gasteiger partial charge in [-0.05, 0) is 59.2 Å². The second kappa shape index (κ2) is 4.55. The molecule has 15 heavy (non-hydrogen) atoms. The average Bonchev–Trinajstić information content (AvgIpc) is 3.00. The average molecular weight is 379 g/mol. The van der Waals surface area contributed by atoms with Crippen LogP contribution in [0.3, 0.4) is 0 Å². The Kier molecular flexibility index (Phi) is 3.52. The predicted molar refractivity (Wildman–Crippen MR) is 73.9 cm³/mol. The van der Waals surface area contributed by atoms with Crippen LogP contribution < -0.4 is 0 Å². The molecule has 1 aliphatic carbocycles. The van der Waals surface area contributed by atoms with Crippen LogP contribution in [0.5, 0.6) is 0 Å². The first kappa shape index (κ1) is 11.6. The molecule has 1 aromatic rings. The van der Waals surface area contributed by atoms with Gasteiger partial charge in [0.25, 0.3) is 0 Å². The Hall–Kier alpha value is 0.130. The molecule has 1 aromatic carbocycles. The highest BCUT2D eigenvalue weighted by Gasteiger charge is 2.46. The summed E-state index contributed by atoms with van der Waals surface area (Å²) in [4.78, 5) is 0. The van der Waals surface area contributed by atoms with E-state index in [-0.39, 0.29) is 5.60 Å². The summed E-state index contributed by atoms with van der Waals surface area (Å²) in [6.07, 6.45) is 4.05. The van der Waals surface area contributed by atoms with Crippen LogP contribution in [0, 0.1) is 3.57 Å². The molecule has 2 rings (SSSR count). The number of benzene rings is 1. The van der Waals surface area contributed by atoms with Crippen LogP contribution in [0.1, 0.15) is 18.4 Å². The van der Waals surface area contributed by atoms with E-state index in [9.17, 15) is 0 Å². The maximum atomic E-state index is 5.87. The van der Waals surface area contributed by atoms with Crippen molar-refractivity contribution in [3.8, 4) is 0 Å². The summed E-state index contributed by atoms with van der Waals surface area (Å²) >= 11 is 5.87. The van der Waals surface area contributed by atoms with Crippen molar-refractivity contribution >= 4 is 38.5 Å². The summed E-state index contributed by atoms with van der Waals surface area (Å²) in [6, 6.07) is 6.35. The Bertz CT molecular complexity index is 385. The van der Waals surface area contributed by atoms with Crippen LogP contribution in [0.4, 0.5) is 0 Å². The Labute approximate surface area is 112 Å². The first-order valence-electron chi connectivity index (χ1n) is 4.88. The van der Waals surface area contributed by atoms with Gasteiger partial charge in [0, 0.05) is 8.04 Å². The van der Waals surface area contributed by atoms with E-state index in [1.807, 2.05) is 6.08 Å². The smallest absolute Gasteiger partial charge is 0.0948 e. The monoisotopic (exact) mass is 378 g/mol. The maximum absolute atomic E-state index is 5.87. The molecular formula is C12H12BrIO. The summed E-state index contributed by atoms with van der Waals surface area (Å²) in [5, 5.41) is 0. The van der Waals surface area contributed by atoms with Gasteiger partial charge in [-0.2, -0.15) is 0 Å². The molecule has 0 aliphatic heterocycles. The van der Waals surface area contributed by atoms with E-state index in [2.05, 4.69) is 63.3 Å². The molecule has 1 saturated carbocycles. The van der Waals surface area contributed by atoms with Crippen LogP contribution in [-0.2, 0) is 10.3 Å². The van der Waals surface area contributed by atoms with Crippen molar-refractivity contribution in [3.63, 3.8) is 0 Å². The Morgan fingerprint density at radius 1 is 1.53 bits per heavy atom. The van der Waals surface area contributed by atoms with Crippen molar-refractivity contribution in [2.24, 2.45) is 0 Å². The lowest BCUT2D eigenvalue weighted by atomic mass is 10.1. The van der Waals surface area contributed by atoms with Crippen LogP contribution in [0.25, 0.3) is 0 Å². The van der Waals surface area contributed by atoms with Crippen molar-refractivity contribution in [1.82, 2.24) is 0 Å². The molecule has 0 atom stereocenters. The van der Waals surface area contributed by atoms with Gasteiger partial charge in [0.15, 0.2) is 0 Å². The van der Waals surface area contributed by atoms with Gasteiger partial charge in [0.05, 0.1) is 12.2 Å². The summed E-state index contributed by atoms with van der Waals surface area (Å²) in [5.74, 6) is 0. The topological polar surface area (TPSA) is 9.23 Å². The van der Waals surface area contributed by atoms with Crippen LogP contribution in [0.15, 0.2) is 35.3 Å². The Morgan fingerprint density at radius 2 is 2.27 bits per heavy atom. The molecule has 0 heterocycles. The second-order valence-electron chi connectivity index (χ2n) is 3.72. The van der Waals surface area contributed by atoms with E-state index in [0.29, 0.717) is 6.61 Å². The predicted octanol–water partition coefficient (Wildman–Crippen LogP) is 4.25. The molecule has 3 heteroatoms. The third-order valence-electron chi connectivity index (χ3n) is 2.60. The van der Waals surface area contributed by atoms with E-state index in [1.165, 1.54) is 9.13 Å². The third-order valence-corrected chi connectivity index (χ3v) is 4.03. The van der Waals surface area contributed by atoms with Gasteiger partial charge in [-0.3, -0.25) is 0 Å². The number of ether oxygens (including phenoxy) is 1. The lowest BCUT2D eigenvalue weighted by molar-refractivity contribution is 0.0501. The molecule has 0 spiro atoms. The molecular weight excluding hydrogens is 367 g/mol. The zero-order valence-electron chi connectivity index (χ0n) is 8.30. The fourth-order valence-electron chi connectivity index (χ4n) is 1.67. The normalized spacial score (nSPS) is 17.5. The second-order valence-corrected chi connectivity index (χ2v) is 5.80. The minimum atomic E-state index is -0.0332. The van der Waals surface area contributed by atoms with Crippen molar-refractivity contribution in [3.05, 3.63) is 44.5 Å². The van der Waals surface area contributed by atoms with E-state index < -0.39 is 0 Å². The van der Waals surface area contributed by atoms with Crippen molar-refractivity contribution in [1.29, 1.82) is 0 Å². The Balaban J connectivity index is 2.28. The molecule has 0 N–H and O–H groups in total. The largest absolute Gasteiger partial charge is 0.366 e. The quantitative estimate of drug-likeness (QED) is 0.562. The number of halogens is 2. The molecule has 0 unspecified atom stereocenters. The van der Waals surface area contributed by atoms with Gasteiger partial charge in [0.1, 0.15) is 0 Å². The molecule has 1 fully saturated rings. The molecule has 1 nitrogen and oxygen atoms in total. The van der Waals surface area contributed by atoms with Gasteiger partial charge >= 0.3 is 0 Å². The molecule has 80 valence electrons. The van der Waals surface area contributed by atoms with Gasteiger partial charge < -0.3 is 4.74 Å². The number of hydrogen-bond donors (Lipinski definition) is 0. The standard InChI is InChI=1S/C12H12BrIO/c1-2-7-15-12(5-6-12)10-8-9(13)3-4-11(10)14/h2-4,8H,1,5-7H2. The Morgan fingerprint density at radius 3 is 2.87 bits per heavy atom. The SMILES string of the molecule is C=CCOC1(c2cc(Br)ccc2I)CC1. The summed E-state index contributed by atoms with van der Waals surface area (Å²) in [6.45, 7) is 4.32. The van der Waals surface area contributed by atoms with Crippen LogP contribution >= 0.6 is 38.5 Å². The van der Waals surface area contributed by atoms with Crippen LogP contribution in [-0.4, -0.2) is 6.61 Å². The van der Waals surface area contributed by atoms with Crippen molar-refractivity contribution < 1.29 is 4.74 Å². The molecule has 1 aliphatic rings. The van der Waals surface area contributed by atoms with Gasteiger partial charge in [0.2, 0.25) is 0 Å². The highest BCUT2D eigenvalue weighted by atomic mass is 127. The van der Waals surface area contributed by atoms with E-state index >= 15 is 0 Å². The lowest BCUT2D eigenvalue weighted by Crippen LogP contribution is -2.13. The van der Waals surface area contributed by atoms with Crippen molar-refractivity contribution in [2.45, 2.75) is 18.4 Å². The molecule has 0 aromatic heterocycles. The number of rotatable bonds is 4. The molecule has 0 radical (unpaired) electrons. The van der Waals surface area contributed by atoms with Crippen molar-refractivity contribution in [2.75, 3.05) is 6.61 Å². The highest BCUT2D eigenvalue weighted by molar-refractivity contribution is 14.1. The fourth-order valence-corrected chi connectivity index (χ4v) is 2.86. The first-order valence-corrected chi connectivity index (χ1v) is 6.75. The van der Waals surface area contributed by atoms with E-state index in [1.54, 1.807) is 0 Å². The minimum absolute atomic E-state index is 0.0332. The van der Waals surface area contributed by atoms with E-state index in [4.69, 9.17) is 4.74 Å². The molecule has 0 amide bonds. The zero-order valence-corrected chi connectivity index (χ0v) is 12.0. The van der Waals surface area contributed by atoms with Gasteiger partial charge in [-0.25, -0.2) is 0 Å². The van der Waals surface area contributed by atoms with Gasteiger partial charge in [-0.15, -0.1) is 6.58 Å². The number of hydrogen-bond acceptors (Lipinski definition) is 1. The summed E-state index contributed by atoms with van der Waals surface area (Å²) in [5.41, 5.74) is 1.27. The highest BCUT2D eigenvalue weighted by Crippen LogP contribution is 2.51. The van der Waals surface area contributed by atoms with Crippen LogP contribution in [0.2, 0.25) is 0 Å². The lowest BCUT2D eigenvalue weighted by Gasteiger charge is -2.17. The third kappa shape index (κ3) is 2.45.